The first-order chi connectivity index (χ1) is 14.3. The molecule has 0 bridgehead atoms. The Kier molecular flexibility index (Phi) is 6.29. The molecule has 152 valence electrons. The van der Waals surface area contributed by atoms with Crippen LogP contribution in [0.4, 0.5) is 11.6 Å². The number of furan rings is 1. The summed E-state index contributed by atoms with van der Waals surface area (Å²) in [5, 5.41) is 16.2. The van der Waals surface area contributed by atoms with Crippen LogP contribution in [0.15, 0.2) is 70.8 Å². The quantitative estimate of drug-likeness (QED) is 0.341. The molecule has 2 N–H and O–H groups in total. The van der Waals surface area contributed by atoms with E-state index in [1.807, 2.05) is 13.0 Å². The Bertz CT molecular complexity index is 1150. The first-order valence-electron chi connectivity index (χ1n) is 8.73. The summed E-state index contributed by atoms with van der Waals surface area (Å²) in [6.07, 6.45) is 1.20. The van der Waals surface area contributed by atoms with Crippen LogP contribution in [0.1, 0.15) is 21.7 Å². The number of hydrogen-bond donors (Lipinski definition) is 2. The van der Waals surface area contributed by atoms with Crippen molar-refractivity contribution in [1.29, 1.82) is 0 Å². The zero-order chi connectivity index (χ0) is 21.7. The highest BCUT2D eigenvalue weighted by molar-refractivity contribution is 6.34. The van der Waals surface area contributed by atoms with Gasteiger partial charge in [-0.05, 0) is 42.8 Å². The predicted octanol–water partition coefficient (Wildman–Crippen LogP) is 4.56. The number of halogens is 1. The van der Waals surface area contributed by atoms with Gasteiger partial charge in [-0.3, -0.25) is 19.7 Å². The van der Waals surface area contributed by atoms with Crippen LogP contribution >= 0.6 is 11.6 Å². The second-order valence-corrected chi connectivity index (χ2v) is 6.66. The molecule has 2 amide bonds. The molecule has 3 rings (SSSR count). The van der Waals surface area contributed by atoms with E-state index >= 15 is 0 Å². The number of nitro groups is 1. The van der Waals surface area contributed by atoms with Crippen molar-refractivity contribution >= 4 is 41.1 Å². The third-order valence-electron chi connectivity index (χ3n) is 3.97. The van der Waals surface area contributed by atoms with Gasteiger partial charge >= 0.3 is 5.88 Å². The van der Waals surface area contributed by atoms with Crippen LogP contribution in [0.2, 0.25) is 5.02 Å². The minimum atomic E-state index is -0.702. The van der Waals surface area contributed by atoms with Crippen molar-refractivity contribution in [3.05, 3.63) is 98.4 Å². The first-order valence-corrected chi connectivity index (χ1v) is 9.11. The number of anilines is 1. The summed E-state index contributed by atoms with van der Waals surface area (Å²) in [7, 11) is 0. The van der Waals surface area contributed by atoms with Crippen LogP contribution in [0, 0.1) is 17.0 Å². The summed E-state index contributed by atoms with van der Waals surface area (Å²) in [6.45, 7) is 1.87. The van der Waals surface area contributed by atoms with E-state index in [1.165, 1.54) is 18.2 Å². The minimum absolute atomic E-state index is 0.0237. The number of nitrogens with zero attached hydrogens (tertiary/aromatic N) is 1. The van der Waals surface area contributed by atoms with Crippen molar-refractivity contribution in [2.24, 2.45) is 0 Å². The molecule has 0 spiro atoms. The second-order valence-electron chi connectivity index (χ2n) is 6.25. The zero-order valence-electron chi connectivity index (χ0n) is 15.7. The van der Waals surface area contributed by atoms with E-state index in [9.17, 15) is 19.7 Å². The van der Waals surface area contributed by atoms with Gasteiger partial charge in [0, 0.05) is 11.8 Å². The summed E-state index contributed by atoms with van der Waals surface area (Å²) in [5.74, 6) is -1.72. The highest BCUT2D eigenvalue weighted by Crippen LogP contribution is 2.20. The Morgan fingerprint density at radius 1 is 1.10 bits per heavy atom. The van der Waals surface area contributed by atoms with Crippen LogP contribution in [0.25, 0.3) is 6.08 Å². The number of hydrogen-bond acceptors (Lipinski definition) is 5. The minimum Gasteiger partial charge on any atom is -0.401 e. The Morgan fingerprint density at radius 3 is 2.53 bits per heavy atom. The van der Waals surface area contributed by atoms with Gasteiger partial charge in [0.1, 0.15) is 16.4 Å². The molecule has 0 unspecified atom stereocenters. The largest absolute Gasteiger partial charge is 0.433 e. The molecular formula is C21H16ClN3O5. The molecule has 3 aromatic rings. The molecular weight excluding hydrogens is 410 g/mol. The normalized spacial score (nSPS) is 11.1. The number of carbonyl (C=O) groups excluding carboxylic acids is 2. The SMILES string of the molecule is Cc1cccc(NC(=O)/C(=C\c2ccc([N+](=O)[O-])o2)NC(=O)c2ccccc2Cl)c1. The van der Waals surface area contributed by atoms with E-state index in [-0.39, 0.29) is 22.0 Å². The molecule has 0 aliphatic carbocycles. The Morgan fingerprint density at radius 2 is 1.87 bits per heavy atom. The average molecular weight is 426 g/mol. The fraction of sp³-hybridized carbons (Fsp3) is 0.0476. The molecule has 0 radical (unpaired) electrons. The second kappa shape index (κ2) is 9.06. The van der Waals surface area contributed by atoms with E-state index in [1.54, 1.807) is 36.4 Å². The lowest BCUT2D eigenvalue weighted by Gasteiger charge is -2.11. The van der Waals surface area contributed by atoms with Gasteiger partial charge in [0.05, 0.1) is 16.7 Å². The van der Waals surface area contributed by atoms with Crippen molar-refractivity contribution in [3.63, 3.8) is 0 Å². The molecule has 0 saturated heterocycles. The number of carbonyl (C=O) groups is 2. The molecule has 1 heterocycles. The number of amides is 2. The van der Waals surface area contributed by atoms with E-state index in [4.69, 9.17) is 16.0 Å². The third kappa shape index (κ3) is 5.12. The lowest BCUT2D eigenvalue weighted by atomic mass is 10.2. The summed E-state index contributed by atoms with van der Waals surface area (Å²) >= 11 is 6.05. The van der Waals surface area contributed by atoms with E-state index in [0.717, 1.165) is 11.6 Å². The lowest BCUT2D eigenvalue weighted by Crippen LogP contribution is -2.30. The zero-order valence-corrected chi connectivity index (χ0v) is 16.5. The smallest absolute Gasteiger partial charge is 0.401 e. The monoisotopic (exact) mass is 425 g/mol. The maximum atomic E-state index is 12.8. The van der Waals surface area contributed by atoms with Gasteiger partial charge in [0.25, 0.3) is 11.8 Å². The number of aryl methyl sites for hydroxylation is 1. The van der Waals surface area contributed by atoms with Crippen LogP contribution in [-0.4, -0.2) is 16.7 Å². The fourth-order valence-corrected chi connectivity index (χ4v) is 2.80. The number of benzene rings is 2. The molecule has 1 aromatic heterocycles. The van der Waals surface area contributed by atoms with Crippen LogP contribution in [0.5, 0.6) is 0 Å². The highest BCUT2D eigenvalue weighted by atomic mass is 35.5. The Labute approximate surface area is 176 Å². The molecule has 0 atom stereocenters. The molecule has 8 nitrogen and oxygen atoms in total. The van der Waals surface area contributed by atoms with E-state index in [0.29, 0.717) is 5.69 Å². The van der Waals surface area contributed by atoms with Gasteiger partial charge in [-0.15, -0.1) is 0 Å². The van der Waals surface area contributed by atoms with Gasteiger partial charge in [-0.1, -0.05) is 35.9 Å². The van der Waals surface area contributed by atoms with Crippen LogP contribution < -0.4 is 10.6 Å². The molecule has 0 fully saturated rings. The molecule has 0 aliphatic rings. The topological polar surface area (TPSA) is 114 Å². The summed E-state index contributed by atoms with van der Waals surface area (Å²) in [5.41, 5.74) is 1.44. The van der Waals surface area contributed by atoms with Gasteiger partial charge in [-0.25, -0.2) is 0 Å². The third-order valence-corrected chi connectivity index (χ3v) is 4.30. The highest BCUT2D eigenvalue weighted by Gasteiger charge is 2.19. The number of nitrogens with one attached hydrogen (secondary N) is 2. The average Bonchev–Trinajstić information content (AvgIpc) is 3.16. The van der Waals surface area contributed by atoms with E-state index in [2.05, 4.69) is 10.6 Å². The van der Waals surface area contributed by atoms with Gasteiger partial charge in [-0.2, -0.15) is 0 Å². The van der Waals surface area contributed by atoms with Gasteiger partial charge in [0.15, 0.2) is 0 Å². The maximum absolute atomic E-state index is 12.8. The predicted molar refractivity (Wildman–Crippen MR) is 112 cm³/mol. The van der Waals surface area contributed by atoms with Crippen molar-refractivity contribution < 1.29 is 18.9 Å². The molecule has 0 aliphatic heterocycles. The van der Waals surface area contributed by atoms with Crippen LogP contribution in [-0.2, 0) is 4.79 Å². The van der Waals surface area contributed by atoms with E-state index < -0.39 is 22.6 Å². The van der Waals surface area contributed by atoms with Crippen LogP contribution in [0.3, 0.4) is 0 Å². The fourth-order valence-electron chi connectivity index (χ4n) is 2.57. The standard InChI is InChI=1S/C21H16ClN3O5/c1-13-5-4-6-14(11-13)23-21(27)18(12-15-9-10-19(30-15)25(28)29)24-20(26)16-7-2-3-8-17(16)22/h2-12H,1H3,(H,23,27)(H,24,26)/b18-12+. The lowest BCUT2D eigenvalue weighted by molar-refractivity contribution is -0.402. The maximum Gasteiger partial charge on any atom is 0.433 e. The summed E-state index contributed by atoms with van der Waals surface area (Å²) < 4.78 is 5.07. The Balaban J connectivity index is 1.91. The summed E-state index contributed by atoms with van der Waals surface area (Å²) in [4.78, 5) is 35.6. The van der Waals surface area contributed by atoms with Crippen molar-refractivity contribution in [1.82, 2.24) is 5.32 Å². The molecule has 9 heteroatoms. The first kappa shape index (κ1) is 20.8. The molecule has 0 saturated carbocycles. The Hall–Kier alpha value is -3.91. The van der Waals surface area contributed by atoms with Crippen molar-refractivity contribution in [2.75, 3.05) is 5.32 Å². The molecule has 2 aromatic carbocycles. The van der Waals surface area contributed by atoms with Gasteiger partial charge < -0.3 is 15.1 Å². The van der Waals surface area contributed by atoms with Crippen molar-refractivity contribution in [3.8, 4) is 0 Å². The van der Waals surface area contributed by atoms with Gasteiger partial charge in [0.2, 0.25) is 0 Å². The van der Waals surface area contributed by atoms with Crippen molar-refractivity contribution in [2.45, 2.75) is 6.92 Å². The molecule has 30 heavy (non-hydrogen) atoms. The summed E-state index contributed by atoms with van der Waals surface area (Å²) in [6, 6.07) is 15.9. The number of rotatable bonds is 6.